The van der Waals surface area contributed by atoms with E-state index in [1.165, 1.54) is 0 Å². The van der Waals surface area contributed by atoms with Gasteiger partial charge in [-0.3, -0.25) is 4.79 Å². The molecule has 0 radical (unpaired) electrons. The average molecular weight is 257 g/mol. The largest absolute Gasteiger partial charge is 0.375 e. The maximum absolute atomic E-state index is 12.0. The third-order valence-electron chi connectivity index (χ3n) is 3.89. The quantitative estimate of drug-likeness (QED) is 0.758. The second-order valence-electron chi connectivity index (χ2n) is 6.20. The lowest BCUT2D eigenvalue weighted by molar-refractivity contribution is -0.125. The van der Waals surface area contributed by atoms with Crippen molar-refractivity contribution in [2.75, 3.05) is 12.4 Å². The highest BCUT2D eigenvalue weighted by Crippen LogP contribution is 2.49. The van der Waals surface area contributed by atoms with Gasteiger partial charge >= 0.3 is 0 Å². The lowest BCUT2D eigenvalue weighted by atomic mass is 9.93. The molecule has 0 aromatic carbocycles. The van der Waals surface area contributed by atoms with Gasteiger partial charge in [-0.1, -0.05) is 0 Å². The molecule has 1 aliphatic heterocycles. The highest BCUT2D eigenvalue weighted by atomic mass is 32.1. The van der Waals surface area contributed by atoms with Crippen molar-refractivity contribution in [1.29, 1.82) is 0 Å². The van der Waals surface area contributed by atoms with Crippen LogP contribution in [0.3, 0.4) is 0 Å². The molecule has 3 nitrogen and oxygen atoms in total. The van der Waals surface area contributed by atoms with Crippen molar-refractivity contribution >= 4 is 18.5 Å². The van der Waals surface area contributed by atoms with Gasteiger partial charge in [-0.05, 0) is 50.7 Å². The summed E-state index contributed by atoms with van der Waals surface area (Å²) in [7, 11) is 0. The van der Waals surface area contributed by atoms with Gasteiger partial charge in [-0.25, -0.2) is 0 Å². The fraction of sp³-hybridized carbons (Fsp3) is 0.923. The highest BCUT2D eigenvalue weighted by molar-refractivity contribution is 7.80. The molecule has 0 aromatic heterocycles. The molecule has 1 atom stereocenters. The van der Waals surface area contributed by atoms with Crippen molar-refractivity contribution in [2.45, 2.75) is 57.6 Å². The van der Waals surface area contributed by atoms with E-state index in [1.807, 2.05) is 0 Å². The van der Waals surface area contributed by atoms with Crippen LogP contribution in [0.1, 0.15) is 46.0 Å². The zero-order valence-electron chi connectivity index (χ0n) is 10.8. The fourth-order valence-corrected chi connectivity index (χ4v) is 2.97. The van der Waals surface area contributed by atoms with E-state index in [4.69, 9.17) is 4.74 Å². The molecule has 0 aromatic rings. The molecular weight excluding hydrogens is 234 g/mol. The predicted molar refractivity (Wildman–Crippen MR) is 71.3 cm³/mol. The van der Waals surface area contributed by atoms with Crippen molar-refractivity contribution in [1.82, 2.24) is 5.32 Å². The zero-order valence-corrected chi connectivity index (χ0v) is 11.7. The number of nitrogens with one attached hydrogen (secondary N) is 1. The van der Waals surface area contributed by atoms with Crippen LogP contribution in [0.2, 0.25) is 0 Å². The van der Waals surface area contributed by atoms with Gasteiger partial charge in [-0.2, -0.15) is 12.6 Å². The molecule has 2 fully saturated rings. The van der Waals surface area contributed by atoms with Gasteiger partial charge in [0.15, 0.2) is 0 Å². The van der Waals surface area contributed by atoms with E-state index in [1.54, 1.807) is 0 Å². The van der Waals surface area contributed by atoms with Crippen LogP contribution in [0.5, 0.6) is 0 Å². The molecule has 0 spiro atoms. The Labute approximate surface area is 109 Å². The van der Waals surface area contributed by atoms with E-state index in [0.29, 0.717) is 6.42 Å². The summed E-state index contributed by atoms with van der Waals surface area (Å²) in [6, 6.07) is 0.280. The molecule has 1 aliphatic carbocycles. The molecule has 98 valence electrons. The molecule has 1 heterocycles. The number of amides is 1. The Morgan fingerprint density at radius 3 is 2.71 bits per heavy atom. The Hall–Kier alpha value is -0.220. The van der Waals surface area contributed by atoms with E-state index in [0.717, 1.165) is 38.0 Å². The van der Waals surface area contributed by atoms with E-state index in [-0.39, 0.29) is 23.0 Å². The topological polar surface area (TPSA) is 38.3 Å². The van der Waals surface area contributed by atoms with Crippen molar-refractivity contribution in [3.8, 4) is 0 Å². The predicted octanol–water partition coefficient (Wildman–Crippen LogP) is 2.16. The van der Waals surface area contributed by atoms with Gasteiger partial charge in [0.1, 0.15) is 0 Å². The van der Waals surface area contributed by atoms with Gasteiger partial charge in [0.05, 0.1) is 5.60 Å². The number of thiol groups is 1. The second kappa shape index (κ2) is 4.81. The summed E-state index contributed by atoms with van der Waals surface area (Å²) in [5.74, 6) is 1.03. The summed E-state index contributed by atoms with van der Waals surface area (Å²) in [5, 5.41) is 3.15. The minimum atomic E-state index is -0.100. The minimum absolute atomic E-state index is 0.100. The van der Waals surface area contributed by atoms with Crippen molar-refractivity contribution in [2.24, 2.45) is 5.41 Å². The molecule has 17 heavy (non-hydrogen) atoms. The van der Waals surface area contributed by atoms with Crippen LogP contribution in [0.4, 0.5) is 0 Å². The number of ether oxygens (including phenoxy) is 1. The molecule has 1 N–H and O–H groups in total. The van der Waals surface area contributed by atoms with Crippen LogP contribution in [-0.2, 0) is 9.53 Å². The van der Waals surface area contributed by atoms with Crippen LogP contribution >= 0.6 is 12.6 Å². The van der Waals surface area contributed by atoms with Crippen LogP contribution in [-0.4, -0.2) is 29.9 Å². The maximum Gasteiger partial charge on any atom is 0.220 e. The van der Waals surface area contributed by atoms with E-state index < -0.39 is 0 Å². The number of carbonyl (C=O) groups excluding carboxylic acids is 1. The van der Waals surface area contributed by atoms with E-state index in [2.05, 4.69) is 31.8 Å². The molecule has 2 rings (SSSR count). The molecular formula is C13H23NO2S. The molecule has 0 bridgehead atoms. The molecule has 1 amide bonds. The molecule has 1 saturated heterocycles. The van der Waals surface area contributed by atoms with Crippen LogP contribution < -0.4 is 5.32 Å². The SMILES string of the molecule is CC1(C)CC(NC(=O)CC2(CS)CC2)CCO1. The standard InChI is InChI=1S/C13H23NO2S/c1-12(2)7-10(3-6-16-12)14-11(15)8-13(9-17)4-5-13/h10,17H,3-9H2,1-2H3,(H,14,15). The maximum atomic E-state index is 12.0. The number of hydrogen-bond acceptors (Lipinski definition) is 3. The van der Waals surface area contributed by atoms with Crippen molar-refractivity contribution in [3.63, 3.8) is 0 Å². The van der Waals surface area contributed by atoms with E-state index in [9.17, 15) is 4.79 Å². The summed E-state index contributed by atoms with van der Waals surface area (Å²) in [5.41, 5.74) is 0.116. The zero-order chi connectivity index (χ0) is 12.5. The molecule has 1 unspecified atom stereocenters. The first-order chi connectivity index (χ1) is 7.95. The molecule has 4 heteroatoms. The Balaban J connectivity index is 1.78. The van der Waals surface area contributed by atoms with Gasteiger partial charge in [0.2, 0.25) is 5.91 Å². The van der Waals surface area contributed by atoms with Crippen LogP contribution in [0, 0.1) is 5.41 Å². The number of hydrogen-bond donors (Lipinski definition) is 2. The second-order valence-corrected chi connectivity index (χ2v) is 6.52. The first-order valence-corrected chi connectivity index (χ1v) is 7.12. The summed E-state index contributed by atoms with van der Waals surface area (Å²) in [6.45, 7) is 4.92. The molecule has 1 saturated carbocycles. The van der Waals surface area contributed by atoms with Gasteiger partial charge in [0.25, 0.3) is 0 Å². The Bertz CT molecular complexity index is 300. The van der Waals surface area contributed by atoms with Crippen molar-refractivity contribution in [3.05, 3.63) is 0 Å². The lowest BCUT2D eigenvalue weighted by Crippen LogP contribution is -2.46. The minimum Gasteiger partial charge on any atom is -0.375 e. The number of rotatable bonds is 4. The summed E-state index contributed by atoms with van der Waals surface area (Å²) in [4.78, 5) is 12.0. The summed E-state index contributed by atoms with van der Waals surface area (Å²) >= 11 is 4.33. The Morgan fingerprint density at radius 2 is 2.18 bits per heavy atom. The highest BCUT2D eigenvalue weighted by Gasteiger charge is 2.43. The van der Waals surface area contributed by atoms with Gasteiger partial charge in [0, 0.05) is 19.1 Å². The monoisotopic (exact) mass is 257 g/mol. The van der Waals surface area contributed by atoms with Crippen LogP contribution in [0.25, 0.3) is 0 Å². The normalized spacial score (nSPS) is 29.7. The Kier molecular flexibility index (Phi) is 3.74. The molecule has 2 aliphatic rings. The van der Waals surface area contributed by atoms with Gasteiger partial charge in [-0.15, -0.1) is 0 Å². The number of carbonyl (C=O) groups is 1. The first kappa shape index (κ1) is 13.2. The van der Waals surface area contributed by atoms with E-state index >= 15 is 0 Å². The first-order valence-electron chi connectivity index (χ1n) is 6.49. The van der Waals surface area contributed by atoms with Crippen LogP contribution in [0.15, 0.2) is 0 Å². The van der Waals surface area contributed by atoms with Crippen molar-refractivity contribution < 1.29 is 9.53 Å². The third-order valence-corrected chi connectivity index (χ3v) is 4.56. The van der Waals surface area contributed by atoms with Gasteiger partial charge < -0.3 is 10.1 Å². The summed E-state index contributed by atoms with van der Waals surface area (Å²) in [6.07, 6.45) is 4.80. The fourth-order valence-electron chi connectivity index (χ4n) is 2.54. The smallest absolute Gasteiger partial charge is 0.220 e. The summed E-state index contributed by atoms with van der Waals surface area (Å²) < 4.78 is 5.65. The average Bonchev–Trinajstić information content (AvgIpc) is 2.96. The Morgan fingerprint density at radius 1 is 1.47 bits per heavy atom. The lowest BCUT2D eigenvalue weighted by Gasteiger charge is -2.36. The third kappa shape index (κ3) is 3.62.